The quantitative estimate of drug-likeness (QED) is 0.745. The van der Waals surface area contributed by atoms with E-state index in [-0.39, 0.29) is 16.4 Å². The van der Waals surface area contributed by atoms with E-state index in [2.05, 4.69) is 10.6 Å². The number of nitrogens with two attached hydrogens (primary N) is 1. The van der Waals surface area contributed by atoms with Gasteiger partial charge in [-0.15, -0.1) is 0 Å². The summed E-state index contributed by atoms with van der Waals surface area (Å²) in [6.07, 6.45) is 0. The minimum absolute atomic E-state index is 0.0791. The van der Waals surface area contributed by atoms with Crippen LogP contribution < -0.4 is 16.4 Å². The highest BCUT2D eigenvalue weighted by Gasteiger charge is 2.20. The summed E-state index contributed by atoms with van der Waals surface area (Å²) in [4.78, 5) is 12.1. The van der Waals surface area contributed by atoms with Gasteiger partial charge in [-0.2, -0.15) is 0 Å². The van der Waals surface area contributed by atoms with Crippen LogP contribution in [0.1, 0.15) is 33.3 Å². The Bertz CT molecular complexity index is 526. The van der Waals surface area contributed by atoms with Crippen molar-refractivity contribution in [2.24, 2.45) is 5.73 Å². The average molecular weight is 297 g/mol. The number of hydrogen-bond donors (Lipinski definition) is 3. The van der Waals surface area contributed by atoms with E-state index in [1.807, 2.05) is 20.8 Å². The number of amides is 1. The van der Waals surface area contributed by atoms with Crippen LogP contribution in [0.4, 0.5) is 10.1 Å². The molecular formula is C14H20FN3OS. The number of rotatable bonds is 4. The summed E-state index contributed by atoms with van der Waals surface area (Å²) in [6, 6.07) is 3.56. The maximum absolute atomic E-state index is 13.2. The smallest absolute Gasteiger partial charge is 0.242 e. The van der Waals surface area contributed by atoms with Crippen LogP contribution in [0.5, 0.6) is 0 Å². The predicted molar refractivity (Wildman–Crippen MR) is 83.3 cm³/mol. The normalized spacial score (nSPS) is 12.7. The number of anilines is 1. The molecule has 0 aliphatic rings. The zero-order valence-corrected chi connectivity index (χ0v) is 12.9. The summed E-state index contributed by atoms with van der Waals surface area (Å²) >= 11 is 4.89. The molecule has 1 atom stereocenters. The number of carbonyl (C=O) groups excluding carboxylic acids is 1. The molecular weight excluding hydrogens is 277 g/mol. The molecule has 0 fully saturated rings. The van der Waals surface area contributed by atoms with E-state index < -0.39 is 11.9 Å². The van der Waals surface area contributed by atoms with Gasteiger partial charge in [0.25, 0.3) is 0 Å². The first-order valence-corrected chi connectivity index (χ1v) is 6.69. The highest BCUT2D eigenvalue weighted by Crippen LogP contribution is 2.18. The summed E-state index contributed by atoms with van der Waals surface area (Å²) in [5.41, 5.74) is 6.17. The third kappa shape index (κ3) is 4.77. The van der Waals surface area contributed by atoms with Crippen LogP contribution >= 0.6 is 12.2 Å². The highest BCUT2D eigenvalue weighted by molar-refractivity contribution is 7.80. The van der Waals surface area contributed by atoms with Crippen molar-refractivity contribution in [3.8, 4) is 0 Å². The lowest BCUT2D eigenvalue weighted by Gasteiger charge is -2.24. The fourth-order valence-electron chi connectivity index (χ4n) is 1.62. The lowest BCUT2D eigenvalue weighted by molar-refractivity contribution is -0.122. The van der Waals surface area contributed by atoms with Crippen molar-refractivity contribution >= 4 is 28.8 Å². The topological polar surface area (TPSA) is 67.1 Å². The Balaban J connectivity index is 2.88. The van der Waals surface area contributed by atoms with Gasteiger partial charge in [0.2, 0.25) is 5.91 Å². The molecule has 4 nitrogen and oxygen atoms in total. The van der Waals surface area contributed by atoms with Crippen LogP contribution in [-0.4, -0.2) is 22.5 Å². The van der Waals surface area contributed by atoms with Gasteiger partial charge in [0.05, 0.1) is 0 Å². The Kier molecular flexibility index (Phi) is 5.05. The summed E-state index contributed by atoms with van der Waals surface area (Å²) in [7, 11) is 0. The second-order valence-electron chi connectivity index (χ2n) is 5.66. The maximum Gasteiger partial charge on any atom is 0.242 e. The largest absolute Gasteiger partial charge is 0.389 e. The van der Waals surface area contributed by atoms with Gasteiger partial charge in [-0.25, -0.2) is 4.39 Å². The third-order valence-corrected chi connectivity index (χ3v) is 2.73. The maximum atomic E-state index is 13.2. The molecule has 0 saturated carbocycles. The molecule has 0 aliphatic heterocycles. The molecule has 0 radical (unpaired) electrons. The van der Waals surface area contributed by atoms with Crippen LogP contribution in [0, 0.1) is 5.82 Å². The van der Waals surface area contributed by atoms with Crippen LogP contribution in [0.15, 0.2) is 18.2 Å². The van der Waals surface area contributed by atoms with E-state index in [0.29, 0.717) is 11.3 Å². The molecule has 1 aromatic rings. The SMILES string of the molecule is CC(Nc1ccc(F)cc1C(N)=S)C(=O)NC(C)(C)C. The van der Waals surface area contributed by atoms with E-state index in [9.17, 15) is 9.18 Å². The van der Waals surface area contributed by atoms with Crippen molar-refractivity contribution in [3.05, 3.63) is 29.6 Å². The van der Waals surface area contributed by atoms with Gasteiger partial charge in [0.1, 0.15) is 16.8 Å². The number of thiocarbonyl (C=S) groups is 1. The van der Waals surface area contributed by atoms with E-state index in [1.54, 1.807) is 6.92 Å². The molecule has 1 rings (SSSR count). The molecule has 0 saturated heterocycles. The Hall–Kier alpha value is -1.69. The van der Waals surface area contributed by atoms with Crippen LogP contribution in [-0.2, 0) is 4.79 Å². The van der Waals surface area contributed by atoms with Gasteiger partial charge >= 0.3 is 0 Å². The molecule has 0 bridgehead atoms. The Labute approximate surface area is 123 Å². The van der Waals surface area contributed by atoms with Crippen LogP contribution in [0.25, 0.3) is 0 Å². The lowest BCUT2D eigenvalue weighted by atomic mass is 10.1. The van der Waals surface area contributed by atoms with Crippen molar-refractivity contribution < 1.29 is 9.18 Å². The second kappa shape index (κ2) is 6.17. The first kappa shape index (κ1) is 16.4. The summed E-state index contributed by atoms with van der Waals surface area (Å²) in [5, 5.41) is 5.85. The molecule has 0 aliphatic carbocycles. The minimum Gasteiger partial charge on any atom is -0.389 e. The molecule has 1 unspecified atom stereocenters. The zero-order chi connectivity index (χ0) is 15.5. The van der Waals surface area contributed by atoms with Crippen molar-refractivity contribution in [1.82, 2.24) is 5.32 Å². The summed E-state index contributed by atoms with van der Waals surface area (Å²) in [6.45, 7) is 7.41. The van der Waals surface area contributed by atoms with Crippen molar-refractivity contribution in [2.45, 2.75) is 39.3 Å². The Morgan fingerprint density at radius 2 is 2.00 bits per heavy atom. The lowest BCUT2D eigenvalue weighted by Crippen LogP contribution is -2.47. The van der Waals surface area contributed by atoms with Crippen LogP contribution in [0.3, 0.4) is 0 Å². The number of hydrogen-bond acceptors (Lipinski definition) is 3. The van der Waals surface area contributed by atoms with Crippen molar-refractivity contribution in [2.75, 3.05) is 5.32 Å². The third-order valence-electron chi connectivity index (χ3n) is 2.51. The number of halogens is 1. The van der Waals surface area contributed by atoms with Crippen molar-refractivity contribution in [3.63, 3.8) is 0 Å². The molecule has 6 heteroatoms. The molecule has 0 aromatic heterocycles. The summed E-state index contributed by atoms with van der Waals surface area (Å²) < 4.78 is 13.2. The average Bonchev–Trinajstić information content (AvgIpc) is 2.28. The van der Waals surface area contributed by atoms with Gasteiger partial charge in [-0.3, -0.25) is 4.79 Å². The first-order valence-electron chi connectivity index (χ1n) is 6.28. The van der Waals surface area contributed by atoms with E-state index >= 15 is 0 Å². The predicted octanol–water partition coefficient (Wildman–Crippen LogP) is 2.17. The molecule has 4 N–H and O–H groups in total. The first-order chi connectivity index (χ1) is 9.10. The second-order valence-corrected chi connectivity index (χ2v) is 6.10. The van der Waals surface area contributed by atoms with Crippen LogP contribution in [0.2, 0.25) is 0 Å². The molecule has 110 valence electrons. The van der Waals surface area contributed by atoms with E-state index in [4.69, 9.17) is 18.0 Å². The number of nitrogens with one attached hydrogen (secondary N) is 2. The van der Waals surface area contributed by atoms with Gasteiger partial charge in [-0.1, -0.05) is 12.2 Å². The molecule has 1 aromatic carbocycles. The van der Waals surface area contributed by atoms with Gasteiger partial charge in [-0.05, 0) is 45.9 Å². The van der Waals surface area contributed by atoms with Gasteiger partial charge in [0, 0.05) is 16.8 Å². The molecule has 20 heavy (non-hydrogen) atoms. The fraction of sp³-hybridized carbons (Fsp3) is 0.429. The van der Waals surface area contributed by atoms with Gasteiger partial charge < -0.3 is 16.4 Å². The fourth-order valence-corrected chi connectivity index (χ4v) is 1.79. The minimum atomic E-state index is -0.493. The zero-order valence-electron chi connectivity index (χ0n) is 12.1. The standard InChI is InChI=1S/C14H20FN3OS/c1-8(13(19)18-14(2,3)4)17-11-6-5-9(15)7-10(11)12(16)20/h5-8,17H,1-4H3,(H2,16,20)(H,18,19). The molecule has 1 amide bonds. The van der Waals surface area contributed by atoms with E-state index in [0.717, 1.165) is 0 Å². The summed E-state index contributed by atoms with van der Waals surface area (Å²) in [5.74, 6) is -0.583. The number of carbonyl (C=O) groups is 1. The molecule has 0 spiro atoms. The molecule has 0 heterocycles. The highest BCUT2D eigenvalue weighted by atomic mass is 32.1. The Morgan fingerprint density at radius 1 is 1.40 bits per heavy atom. The van der Waals surface area contributed by atoms with Gasteiger partial charge in [0.15, 0.2) is 0 Å². The Morgan fingerprint density at radius 3 is 2.50 bits per heavy atom. The monoisotopic (exact) mass is 297 g/mol. The number of benzene rings is 1. The van der Waals surface area contributed by atoms with E-state index in [1.165, 1.54) is 18.2 Å². The van der Waals surface area contributed by atoms with Crippen molar-refractivity contribution in [1.29, 1.82) is 0 Å².